The summed E-state index contributed by atoms with van der Waals surface area (Å²) in [5, 5.41) is 5.00. The van der Waals surface area contributed by atoms with Crippen LogP contribution in [0.25, 0.3) is 0 Å². The molecule has 2 aromatic rings. The molecule has 152 valence electrons. The Morgan fingerprint density at radius 2 is 1.93 bits per heavy atom. The van der Waals surface area contributed by atoms with Crippen molar-refractivity contribution in [3.63, 3.8) is 0 Å². The fourth-order valence-electron chi connectivity index (χ4n) is 4.21. The molecule has 2 aromatic carbocycles. The molecule has 0 bridgehead atoms. The molecule has 1 aliphatic carbocycles. The summed E-state index contributed by atoms with van der Waals surface area (Å²) in [5.74, 6) is 0.364. The topological polar surface area (TPSA) is 41.9 Å². The van der Waals surface area contributed by atoms with E-state index in [9.17, 15) is 4.79 Å². The fraction of sp³-hybridized carbons (Fsp3) is 0.417. The fourth-order valence-corrected chi connectivity index (χ4v) is 4.42. The lowest BCUT2D eigenvalue weighted by Crippen LogP contribution is -2.40. The SMILES string of the molecule is Cc1ccc(C2=NOC(CN(Cc3cccc(Cl)c3)C(=O)C3CCCC3)C2)cc1. The van der Waals surface area contributed by atoms with Gasteiger partial charge in [0.1, 0.15) is 0 Å². The predicted octanol–water partition coefficient (Wildman–Crippen LogP) is 5.36. The summed E-state index contributed by atoms with van der Waals surface area (Å²) >= 11 is 6.16. The van der Waals surface area contributed by atoms with E-state index in [2.05, 4.69) is 36.3 Å². The maximum Gasteiger partial charge on any atom is 0.226 e. The number of hydrogen-bond donors (Lipinski definition) is 0. The lowest BCUT2D eigenvalue weighted by atomic mass is 10.0. The normalized spacial score (nSPS) is 19.1. The average molecular weight is 411 g/mol. The van der Waals surface area contributed by atoms with Crippen LogP contribution in [0, 0.1) is 12.8 Å². The number of rotatable bonds is 6. The first kappa shape index (κ1) is 20.0. The van der Waals surface area contributed by atoms with Crippen molar-refractivity contribution < 1.29 is 9.63 Å². The maximum atomic E-state index is 13.2. The molecule has 1 saturated carbocycles. The van der Waals surface area contributed by atoms with Crippen molar-refractivity contribution in [2.45, 2.75) is 51.7 Å². The molecule has 1 atom stereocenters. The largest absolute Gasteiger partial charge is 0.390 e. The van der Waals surface area contributed by atoms with E-state index in [1.807, 2.05) is 29.2 Å². The molecular weight excluding hydrogens is 384 g/mol. The Morgan fingerprint density at radius 3 is 2.66 bits per heavy atom. The number of carbonyl (C=O) groups is 1. The minimum atomic E-state index is -0.115. The van der Waals surface area contributed by atoms with Crippen LogP contribution < -0.4 is 0 Å². The Hall–Kier alpha value is -2.33. The Bertz CT molecular complexity index is 888. The number of hydrogen-bond acceptors (Lipinski definition) is 3. The highest BCUT2D eigenvalue weighted by Gasteiger charge is 2.31. The van der Waals surface area contributed by atoms with Gasteiger partial charge in [-0.05, 0) is 43.0 Å². The van der Waals surface area contributed by atoms with Crippen molar-refractivity contribution >= 4 is 23.2 Å². The molecule has 0 spiro atoms. The molecule has 0 saturated heterocycles. The van der Waals surface area contributed by atoms with Gasteiger partial charge in [-0.25, -0.2) is 0 Å². The minimum Gasteiger partial charge on any atom is -0.390 e. The summed E-state index contributed by atoms with van der Waals surface area (Å²) in [6.07, 6.45) is 4.86. The highest BCUT2D eigenvalue weighted by Crippen LogP contribution is 2.28. The van der Waals surface area contributed by atoms with Gasteiger partial charge in [0.05, 0.1) is 12.3 Å². The summed E-state index contributed by atoms with van der Waals surface area (Å²) in [6.45, 7) is 3.16. The first-order chi connectivity index (χ1) is 14.1. The van der Waals surface area contributed by atoms with E-state index in [1.165, 1.54) is 5.56 Å². The van der Waals surface area contributed by atoms with Crippen LogP contribution in [0.4, 0.5) is 0 Å². The van der Waals surface area contributed by atoms with Crippen LogP contribution in [0.2, 0.25) is 5.02 Å². The van der Waals surface area contributed by atoms with Crippen LogP contribution in [0.1, 0.15) is 48.8 Å². The molecule has 1 heterocycles. The average Bonchev–Trinajstić information content (AvgIpc) is 3.40. The molecule has 0 N–H and O–H groups in total. The van der Waals surface area contributed by atoms with Crippen LogP contribution in [0.15, 0.2) is 53.7 Å². The molecule has 5 heteroatoms. The van der Waals surface area contributed by atoms with Crippen molar-refractivity contribution in [1.29, 1.82) is 0 Å². The van der Waals surface area contributed by atoms with Gasteiger partial charge in [-0.3, -0.25) is 4.79 Å². The van der Waals surface area contributed by atoms with Gasteiger partial charge in [0.25, 0.3) is 0 Å². The summed E-state index contributed by atoms with van der Waals surface area (Å²) in [5.41, 5.74) is 4.30. The molecule has 0 radical (unpaired) electrons. The summed E-state index contributed by atoms with van der Waals surface area (Å²) in [6, 6.07) is 16.1. The molecule has 1 fully saturated rings. The summed E-state index contributed by atoms with van der Waals surface area (Å²) in [4.78, 5) is 20.9. The first-order valence-electron chi connectivity index (χ1n) is 10.4. The van der Waals surface area contributed by atoms with Gasteiger partial charge < -0.3 is 9.74 Å². The van der Waals surface area contributed by atoms with Crippen molar-refractivity contribution in [3.05, 3.63) is 70.2 Å². The second-order valence-corrected chi connectivity index (χ2v) is 8.60. The van der Waals surface area contributed by atoms with Gasteiger partial charge >= 0.3 is 0 Å². The highest BCUT2D eigenvalue weighted by atomic mass is 35.5. The van der Waals surface area contributed by atoms with Gasteiger partial charge in [-0.1, -0.05) is 71.6 Å². The van der Waals surface area contributed by atoms with E-state index in [1.54, 1.807) is 0 Å². The lowest BCUT2D eigenvalue weighted by molar-refractivity contribution is -0.137. The molecular formula is C24H27ClN2O2. The Kier molecular flexibility index (Phi) is 6.19. The van der Waals surface area contributed by atoms with Crippen LogP contribution in [-0.2, 0) is 16.2 Å². The zero-order chi connectivity index (χ0) is 20.2. The molecule has 4 rings (SSSR count). The lowest BCUT2D eigenvalue weighted by Gasteiger charge is -2.27. The first-order valence-corrected chi connectivity index (χ1v) is 10.8. The monoisotopic (exact) mass is 410 g/mol. The number of benzene rings is 2. The van der Waals surface area contributed by atoms with Gasteiger partial charge in [0.15, 0.2) is 6.10 Å². The maximum absolute atomic E-state index is 13.2. The number of oxime groups is 1. The van der Waals surface area contributed by atoms with Gasteiger partial charge in [0.2, 0.25) is 5.91 Å². The minimum absolute atomic E-state index is 0.115. The van der Waals surface area contributed by atoms with E-state index in [0.29, 0.717) is 24.5 Å². The van der Waals surface area contributed by atoms with E-state index >= 15 is 0 Å². The number of halogens is 1. The Balaban J connectivity index is 1.45. The van der Waals surface area contributed by atoms with Crippen molar-refractivity contribution in [1.82, 2.24) is 4.90 Å². The highest BCUT2D eigenvalue weighted by molar-refractivity contribution is 6.30. The third kappa shape index (κ3) is 4.99. The van der Waals surface area contributed by atoms with Crippen LogP contribution >= 0.6 is 11.6 Å². The molecule has 1 unspecified atom stereocenters. The summed E-state index contributed by atoms with van der Waals surface area (Å²) in [7, 11) is 0. The Morgan fingerprint density at radius 1 is 1.17 bits per heavy atom. The quantitative estimate of drug-likeness (QED) is 0.643. The standard InChI is InChI=1S/C24H27ClN2O2/c1-17-9-11-19(12-10-17)23-14-22(29-26-23)16-27(24(28)20-6-2-3-7-20)15-18-5-4-8-21(25)13-18/h4-5,8-13,20,22H,2-3,6-7,14-16H2,1H3. The third-order valence-corrected chi connectivity index (χ3v) is 6.06. The molecule has 4 nitrogen and oxygen atoms in total. The number of amides is 1. The molecule has 2 aliphatic rings. The van der Waals surface area contributed by atoms with Crippen molar-refractivity contribution in [2.24, 2.45) is 11.1 Å². The smallest absolute Gasteiger partial charge is 0.226 e. The van der Waals surface area contributed by atoms with E-state index in [4.69, 9.17) is 16.4 Å². The van der Waals surface area contributed by atoms with Crippen molar-refractivity contribution in [2.75, 3.05) is 6.54 Å². The molecule has 1 aliphatic heterocycles. The second-order valence-electron chi connectivity index (χ2n) is 8.17. The van der Waals surface area contributed by atoms with E-state index in [-0.39, 0.29) is 17.9 Å². The molecule has 0 aromatic heterocycles. The van der Waals surface area contributed by atoms with Gasteiger partial charge in [-0.15, -0.1) is 0 Å². The number of carbonyl (C=O) groups excluding carboxylic acids is 1. The number of nitrogens with zero attached hydrogens (tertiary/aromatic N) is 2. The van der Waals surface area contributed by atoms with E-state index < -0.39 is 0 Å². The van der Waals surface area contributed by atoms with Crippen LogP contribution in [0.5, 0.6) is 0 Å². The van der Waals surface area contributed by atoms with Crippen molar-refractivity contribution in [3.8, 4) is 0 Å². The third-order valence-electron chi connectivity index (χ3n) is 5.82. The van der Waals surface area contributed by atoms with Crippen LogP contribution in [-0.4, -0.2) is 29.2 Å². The van der Waals surface area contributed by atoms with Gasteiger partial charge in [0, 0.05) is 23.9 Å². The predicted molar refractivity (Wildman–Crippen MR) is 116 cm³/mol. The second kappa shape index (κ2) is 9.00. The molecule has 29 heavy (non-hydrogen) atoms. The summed E-state index contributed by atoms with van der Waals surface area (Å²) < 4.78 is 0. The van der Waals surface area contributed by atoms with Gasteiger partial charge in [-0.2, -0.15) is 0 Å². The Labute approximate surface area is 177 Å². The molecule has 1 amide bonds. The van der Waals surface area contributed by atoms with Crippen LogP contribution in [0.3, 0.4) is 0 Å². The van der Waals surface area contributed by atoms with E-state index in [0.717, 1.165) is 42.5 Å². The number of aryl methyl sites for hydroxylation is 1. The zero-order valence-corrected chi connectivity index (χ0v) is 17.6. The zero-order valence-electron chi connectivity index (χ0n) is 16.8.